The van der Waals surface area contributed by atoms with Gasteiger partial charge < -0.3 is 19.8 Å². The van der Waals surface area contributed by atoms with Gasteiger partial charge in [-0.15, -0.1) is 11.3 Å². The quantitative estimate of drug-likeness (QED) is 0.565. The summed E-state index contributed by atoms with van der Waals surface area (Å²) in [5.74, 6) is -1.19. The largest absolute Gasteiger partial charge is 0.459 e. The number of aromatic nitrogens is 1. The number of nitrogens with zero attached hydrogens (tertiary/aromatic N) is 1. The van der Waals surface area contributed by atoms with Gasteiger partial charge in [0.2, 0.25) is 0 Å². The molecule has 0 aromatic carbocycles. The summed E-state index contributed by atoms with van der Waals surface area (Å²) in [7, 11) is 0. The lowest BCUT2D eigenvalue weighted by molar-refractivity contribution is -0.123. The molecule has 0 aliphatic heterocycles. The Kier molecular flexibility index (Phi) is 6.30. The summed E-state index contributed by atoms with van der Waals surface area (Å²) in [6.07, 6.45) is 1.73. The van der Waals surface area contributed by atoms with Gasteiger partial charge in [0.15, 0.2) is 11.9 Å². The van der Waals surface area contributed by atoms with Gasteiger partial charge in [-0.25, -0.2) is 9.78 Å². The Labute approximate surface area is 174 Å². The van der Waals surface area contributed by atoms with Crippen LogP contribution in [-0.2, 0) is 9.53 Å². The van der Waals surface area contributed by atoms with E-state index in [0.29, 0.717) is 15.6 Å². The number of halogens is 1. The van der Waals surface area contributed by atoms with Gasteiger partial charge in [-0.3, -0.25) is 9.59 Å². The first-order valence-electron chi connectivity index (χ1n) is 8.42. The van der Waals surface area contributed by atoms with Crippen molar-refractivity contribution in [3.8, 4) is 0 Å². The Morgan fingerprint density at radius 3 is 2.69 bits per heavy atom. The van der Waals surface area contributed by atoms with Gasteiger partial charge in [-0.2, -0.15) is 0 Å². The van der Waals surface area contributed by atoms with Crippen molar-refractivity contribution in [2.45, 2.75) is 20.0 Å². The van der Waals surface area contributed by atoms with Crippen molar-refractivity contribution in [3.05, 3.63) is 64.0 Å². The van der Waals surface area contributed by atoms with E-state index in [-0.39, 0.29) is 16.5 Å². The molecule has 0 saturated carbocycles. The minimum absolute atomic E-state index is 0.154. The summed E-state index contributed by atoms with van der Waals surface area (Å²) in [6.45, 7) is 3.16. The number of aryl methyl sites for hydroxylation is 1. The van der Waals surface area contributed by atoms with E-state index in [2.05, 4.69) is 15.6 Å². The Balaban J connectivity index is 1.61. The van der Waals surface area contributed by atoms with Crippen LogP contribution in [0.3, 0.4) is 0 Å². The van der Waals surface area contributed by atoms with Crippen LogP contribution in [0.25, 0.3) is 0 Å². The van der Waals surface area contributed by atoms with Crippen LogP contribution in [-0.4, -0.2) is 28.9 Å². The lowest BCUT2D eigenvalue weighted by atomic mass is 10.3. The van der Waals surface area contributed by atoms with Crippen LogP contribution >= 0.6 is 22.9 Å². The van der Waals surface area contributed by atoms with Gasteiger partial charge in [-0.1, -0.05) is 11.6 Å². The van der Waals surface area contributed by atoms with Crippen molar-refractivity contribution < 1.29 is 23.5 Å². The van der Waals surface area contributed by atoms with Crippen molar-refractivity contribution in [2.24, 2.45) is 0 Å². The molecule has 0 aliphatic rings. The van der Waals surface area contributed by atoms with Crippen molar-refractivity contribution in [2.75, 3.05) is 10.6 Å². The lowest BCUT2D eigenvalue weighted by Crippen LogP contribution is -2.30. The maximum Gasteiger partial charge on any atom is 0.349 e. The first kappa shape index (κ1) is 20.6. The molecule has 0 aliphatic carbocycles. The number of rotatable bonds is 6. The molecule has 10 heteroatoms. The summed E-state index contributed by atoms with van der Waals surface area (Å²) >= 11 is 6.80. The molecule has 2 amide bonds. The fourth-order valence-electron chi connectivity index (χ4n) is 2.27. The molecule has 8 nitrogen and oxygen atoms in total. The van der Waals surface area contributed by atoms with Crippen LogP contribution in [0.5, 0.6) is 0 Å². The summed E-state index contributed by atoms with van der Waals surface area (Å²) in [4.78, 5) is 40.9. The molecule has 1 atom stereocenters. The fraction of sp³-hybridized carbons (Fsp3) is 0.158. The van der Waals surface area contributed by atoms with Crippen molar-refractivity contribution >= 4 is 51.5 Å². The number of pyridine rings is 1. The van der Waals surface area contributed by atoms with Crippen molar-refractivity contribution in [1.82, 2.24) is 4.98 Å². The number of amides is 2. The molecule has 0 fully saturated rings. The predicted octanol–water partition coefficient (Wildman–Crippen LogP) is 4.13. The molecule has 29 heavy (non-hydrogen) atoms. The number of carbonyl (C=O) groups is 3. The summed E-state index contributed by atoms with van der Waals surface area (Å²) in [6, 6.07) is 7.88. The van der Waals surface area contributed by atoms with E-state index in [1.807, 2.05) is 0 Å². The van der Waals surface area contributed by atoms with Crippen molar-refractivity contribution in [1.29, 1.82) is 0 Å². The highest BCUT2D eigenvalue weighted by molar-refractivity contribution is 7.18. The van der Waals surface area contributed by atoms with Gasteiger partial charge in [0.1, 0.15) is 10.7 Å². The molecule has 3 rings (SSSR count). The zero-order chi connectivity index (χ0) is 21.0. The number of hydrogen-bond acceptors (Lipinski definition) is 7. The van der Waals surface area contributed by atoms with Crippen molar-refractivity contribution in [3.63, 3.8) is 0 Å². The first-order valence-corrected chi connectivity index (χ1v) is 9.61. The lowest BCUT2D eigenvalue weighted by Gasteiger charge is -2.12. The number of carbonyl (C=O) groups excluding carboxylic acids is 3. The normalized spacial score (nSPS) is 11.6. The number of esters is 1. The number of nitrogens with one attached hydrogen (secondary N) is 2. The summed E-state index contributed by atoms with van der Waals surface area (Å²) in [5.41, 5.74) is 0.613. The average molecular weight is 434 g/mol. The third kappa shape index (κ3) is 5.21. The monoisotopic (exact) mass is 433 g/mol. The number of hydrogen-bond donors (Lipinski definition) is 2. The average Bonchev–Trinajstić information content (AvgIpc) is 3.33. The van der Waals surface area contributed by atoms with E-state index in [1.165, 1.54) is 31.5 Å². The van der Waals surface area contributed by atoms with Crippen LogP contribution in [0.15, 0.2) is 47.2 Å². The number of anilines is 2. The Hall–Kier alpha value is -3.17. The van der Waals surface area contributed by atoms with Crippen LogP contribution in [0.1, 0.15) is 32.7 Å². The second-order valence-electron chi connectivity index (χ2n) is 5.95. The number of furan rings is 1. The van der Waals surface area contributed by atoms with Crippen LogP contribution in [0.4, 0.5) is 10.8 Å². The van der Waals surface area contributed by atoms with E-state index >= 15 is 0 Å². The highest BCUT2D eigenvalue weighted by Crippen LogP contribution is 2.28. The smallest absolute Gasteiger partial charge is 0.349 e. The van der Waals surface area contributed by atoms with E-state index in [1.54, 1.807) is 25.1 Å². The molecule has 3 heterocycles. The van der Waals surface area contributed by atoms with Gasteiger partial charge in [0.25, 0.3) is 11.8 Å². The SMILES string of the molecule is Cc1cc(NC(=O)c2ccco2)sc1C(=O)OC(C)C(=O)Nc1ccc(Cl)cn1. The minimum Gasteiger partial charge on any atom is -0.459 e. The molecule has 0 spiro atoms. The zero-order valence-corrected chi connectivity index (χ0v) is 17.0. The molecule has 0 bridgehead atoms. The molecular weight excluding hydrogens is 418 g/mol. The topological polar surface area (TPSA) is 111 Å². The number of thiophene rings is 1. The molecule has 150 valence electrons. The molecule has 2 N–H and O–H groups in total. The second kappa shape index (κ2) is 8.89. The molecule has 3 aromatic rings. The summed E-state index contributed by atoms with van der Waals surface area (Å²) in [5, 5.41) is 6.08. The maximum absolute atomic E-state index is 12.4. The van der Waals surface area contributed by atoms with E-state index in [9.17, 15) is 14.4 Å². The third-order valence-electron chi connectivity index (χ3n) is 3.72. The number of ether oxygens (including phenoxy) is 1. The summed E-state index contributed by atoms with van der Waals surface area (Å²) < 4.78 is 10.3. The van der Waals surface area contributed by atoms with Crippen LogP contribution in [0.2, 0.25) is 5.02 Å². The highest BCUT2D eigenvalue weighted by Gasteiger charge is 2.23. The molecule has 0 radical (unpaired) electrons. The van der Waals surface area contributed by atoms with E-state index < -0.39 is 23.9 Å². The molecule has 0 saturated heterocycles. The third-order valence-corrected chi connectivity index (χ3v) is 5.07. The Morgan fingerprint density at radius 2 is 2.03 bits per heavy atom. The van der Waals surface area contributed by atoms with Gasteiger partial charge in [0.05, 0.1) is 16.3 Å². The fourth-order valence-corrected chi connectivity index (χ4v) is 3.34. The molecule has 1 unspecified atom stereocenters. The molecule has 3 aromatic heterocycles. The van der Waals surface area contributed by atoms with E-state index in [4.69, 9.17) is 20.8 Å². The highest BCUT2D eigenvalue weighted by atomic mass is 35.5. The Bertz CT molecular complexity index is 1030. The minimum atomic E-state index is -1.05. The van der Waals surface area contributed by atoms with Crippen LogP contribution < -0.4 is 10.6 Å². The maximum atomic E-state index is 12.4. The Morgan fingerprint density at radius 1 is 1.24 bits per heavy atom. The van der Waals surface area contributed by atoms with Gasteiger partial charge in [0, 0.05) is 6.20 Å². The molecular formula is C19H16ClN3O5S. The predicted molar refractivity (Wildman–Crippen MR) is 108 cm³/mol. The second-order valence-corrected chi connectivity index (χ2v) is 7.44. The van der Waals surface area contributed by atoms with Gasteiger partial charge >= 0.3 is 5.97 Å². The van der Waals surface area contributed by atoms with Gasteiger partial charge in [-0.05, 0) is 49.7 Å². The van der Waals surface area contributed by atoms with Crippen LogP contribution in [0, 0.1) is 6.92 Å². The standard InChI is InChI=1S/C19H16ClN3O5S/c1-10-8-15(23-18(25)13-4-3-7-27-13)29-16(10)19(26)28-11(2)17(24)22-14-6-5-12(20)9-21-14/h3-9,11H,1-2H3,(H,23,25)(H,21,22,24). The zero-order valence-electron chi connectivity index (χ0n) is 15.4. The van der Waals surface area contributed by atoms with E-state index in [0.717, 1.165) is 11.3 Å². The first-order chi connectivity index (χ1) is 13.8.